The summed E-state index contributed by atoms with van der Waals surface area (Å²) in [4.78, 5) is 2.58. The van der Waals surface area contributed by atoms with Crippen molar-refractivity contribution in [2.45, 2.75) is 70.5 Å². The van der Waals surface area contributed by atoms with E-state index in [4.69, 9.17) is 4.74 Å². The molecule has 2 N–H and O–H groups in total. The van der Waals surface area contributed by atoms with Crippen LogP contribution in [0.1, 0.15) is 58.3 Å². The molecule has 0 spiro atoms. The van der Waals surface area contributed by atoms with Gasteiger partial charge in [-0.05, 0) is 45.7 Å². The molecular weight excluding hydrogens is 224 g/mol. The van der Waals surface area contributed by atoms with Crippen molar-refractivity contribution >= 4 is 0 Å². The SMILES string of the molecule is CCCN1CCC(OC2CCCCC2)CC1.CN. The summed E-state index contributed by atoms with van der Waals surface area (Å²) in [6.07, 6.45) is 11.8. The van der Waals surface area contributed by atoms with Crippen LogP contribution in [0.2, 0.25) is 0 Å². The predicted molar refractivity (Wildman–Crippen MR) is 77.8 cm³/mol. The van der Waals surface area contributed by atoms with Crippen LogP contribution in [-0.4, -0.2) is 43.8 Å². The van der Waals surface area contributed by atoms with Crippen molar-refractivity contribution in [3.05, 3.63) is 0 Å². The highest BCUT2D eigenvalue weighted by Gasteiger charge is 2.23. The lowest BCUT2D eigenvalue weighted by Gasteiger charge is -2.34. The first-order valence-electron chi connectivity index (χ1n) is 7.84. The zero-order chi connectivity index (χ0) is 13.2. The fourth-order valence-corrected chi connectivity index (χ4v) is 3.06. The van der Waals surface area contributed by atoms with Gasteiger partial charge >= 0.3 is 0 Å². The highest BCUT2D eigenvalue weighted by Crippen LogP contribution is 2.24. The van der Waals surface area contributed by atoms with Crippen LogP contribution in [0.25, 0.3) is 0 Å². The van der Waals surface area contributed by atoms with Crippen LogP contribution in [0.3, 0.4) is 0 Å². The Bertz CT molecular complexity index is 185. The molecule has 2 rings (SSSR count). The van der Waals surface area contributed by atoms with E-state index in [0.717, 1.165) is 0 Å². The Labute approximate surface area is 113 Å². The molecule has 108 valence electrons. The van der Waals surface area contributed by atoms with E-state index in [1.165, 1.54) is 78.0 Å². The number of likely N-dealkylation sites (tertiary alicyclic amines) is 1. The first kappa shape index (κ1) is 15.9. The highest BCUT2D eigenvalue weighted by atomic mass is 16.5. The van der Waals surface area contributed by atoms with Gasteiger partial charge in [0, 0.05) is 13.1 Å². The molecule has 18 heavy (non-hydrogen) atoms. The van der Waals surface area contributed by atoms with Gasteiger partial charge in [0.05, 0.1) is 12.2 Å². The zero-order valence-corrected chi connectivity index (χ0v) is 12.4. The largest absolute Gasteiger partial charge is 0.375 e. The Morgan fingerprint density at radius 1 is 0.944 bits per heavy atom. The monoisotopic (exact) mass is 256 g/mol. The Morgan fingerprint density at radius 3 is 2.06 bits per heavy atom. The van der Waals surface area contributed by atoms with Gasteiger partial charge in [-0.15, -0.1) is 0 Å². The standard InChI is InChI=1S/C14H27NO.CH5N/c1-2-10-15-11-8-14(9-12-15)16-13-6-4-3-5-7-13;1-2/h13-14H,2-12H2,1H3;2H2,1H3. The number of hydrogen-bond donors (Lipinski definition) is 1. The van der Waals surface area contributed by atoms with E-state index in [1.807, 2.05) is 0 Å². The van der Waals surface area contributed by atoms with E-state index < -0.39 is 0 Å². The van der Waals surface area contributed by atoms with Crippen LogP contribution in [0, 0.1) is 0 Å². The topological polar surface area (TPSA) is 38.5 Å². The molecule has 0 radical (unpaired) electrons. The Hall–Kier alpha value is -0.120. The van der Waals surface area contributed by atoms with Crippen LogP contribution in [0.5, 0.6) is 0 Å². The fraction of sp³-hybridized carbons (Fsp3) is 1.00. The number of piperidine rings is 1. The van der Waals surface area contributed by atoms with Crippen molar-refractivity contribution in [3.8, 4) is 0 Å². The van der Waals surface area contributed by atoms with Crippen molar-refractivity contribution < 1.29 is 4.74 Å². The maximum atomic E-state index is 6.23. The molecule has 2 aliphatic rings. The van der Waals surface area contributed by atoms with E-state index in [0.29, 0.717) is 12.2 Å². The zero-order valence-electron chi connectivity index (χ0n) is 12.4. The summed E-state index contributed by atoms with van der Waals surface area (Å²) in [6.45, 7) is 6.05. The molecule has 2 fully saturated rings. The van der Waals surface area contributed by atoms with Crippen molar-refractivity contribution in [3.63, 3.8) is 0 Å². The summed E-state index contributed by atoms with van der Waals surface area (Å²) in [5.41, 5.74) is 4.50. The number of rotatable bonds is 4. The van der Waals surface area contributed by atoms with Crippen LogP contribution in [0.4, 0.5) is 0 Å². The van der Waals surface area contributed by atoms with Gasteiger partial charge in [0.25, 0.3) is 0 Å². The third-order valence-electron chi connectivity index (χ3n) is 4.01. The predicted octanol–water partition coefficient (Wildman–Crippen LogP) is 2.79. The molecule has 0 aromatic heterocycles. The molecule has 0 aromatic carbocycles. The van der Waals surface area contributed by atoms with Crippen LogP contribution in [0.15, 0.2) is 0 Å². The van der Waals surface area contributed by atoms with Crippen LogP contribution >= 0.6 is 0 Å². The fourth-order valence-electron chi connectivity index (χ4n) is 3.06. The minimum Gasteiger partial charge on any atom is -0.375 e. The van der Waals surface area contributed by atoms with Gasteiger partial charge in [0.1, 0.15) is 0 Å². The Kier molecular flexibility index (Phi) is 8.64. The van der Waals surface area contributed by atoms with Gasteiger partial charge < -0.3 is 15.4 Å². The van der Waals surface area contributed by atoms with Gasteiger partial charge in [-0.2, -0.15) is 0 Å². The minimum absolute atomic E-state index is 0.566. The molecule has 0 unspecified atom stereocenters. The normalized spacial score (nSPS) is 23.5. The molecule has 1 saturated heterocycles. The summed E-state index contributed by atoms with van der Waals surface area (Å²) >= 11 is 0. The average Bonchev–Trinajstić information content (AvgIpc) is 2.45. The van der Waals surface area contributed by atoms with E-state index in [2.05, 4.69) is 17.6 Å². The van der Waals surface area contributed by atoms with Crippen LogP contribution in [-0.2, 0) is 4.74 Å². The average molecular weight is 256 g/mol. The number of nitrogens with two attached hydrogens (primary N) is 1. The summed E-state index contributed by atoms with van der Waals surface area (Å²) in [5, 5.41) is 0. The van der Waals surface area contributed by atoms with Crippen molar-refractivity contribution in [1.29, 1.82) is 0 Å². The molecule has 1 heterocycles. The maximum absolute atomic E-state index is 6.23. The van der Waals surface area contributed by atoms with E-state index in [1.54, 1.807) is 0 Å². The molecule has 0 amide bonds. The van der Waals surface area contributed by atoms with E-state index in [-0.39, 0.29) is 0 Å². The van der Waals surface area contributed by atoms with Crippen molar-refractivity contribution in [2.24, 2.45) is 5.73 Å². The third-order valence-corrected chi connectivity index (χ3v) is 4.01. The van der Waals surface area contributed by atoms with Gasteiger partial charge in [0.2, 0.25) is 0 Å². The quantitative estimate of drug-likeness (QED) is 0.840. The smallest absolute Gasteiger partial charge is 0.0603 e. The third kappa shape index (κ3) is 5.68. The van der Waals surface area contributed by atoms with Gasteiger partial charge in [0.15, 0.2) is 0 Å². The Morgan fingerprint density at radius 2 is 1.50 bits per heavy atom. The van der Waals surface area contributed by atoms with Gasteiger partial charge in [-0.1, -0.05) is 26.2 Å². The Balaban J connectivity index is 0.000000771. The second-order valence-corrected chi connectivity index (χ2v) is 5.44. The summed E-state index contributed by atoms with van der Waals surface area (Å²) < 4.78 is 6.23. The molecule has 0 atom stereocenters. The molecule has 1 aliphatic heterocycles. The molecular formula is C15H32N2O. The highest BCUT2D eigenvalue weighted by molar-refractivity contribution is 4.75. The lowest BCUT2D eigenvalue weighted by Crippen LogP contribution is -2.39. The summed E-state index contributed by atoms with van der Waals surface area (Å²) in [5.74, 6) is 0. The second kappa shape index (κ2) is 9.76. The summed E-state index contributed by atoms with van der Waals surface area (Å²) in [6, 6.07) is 0. The number of nitrogens with zero attached hydrogens (tertiary/aromatic N) is 1. The lowest BCUT2D eigenvalue weighted by atomic mass is 9.97. The molecule has 1 aliphatic carbocycles. The summed E-state index contributed by atoms with van der Waals surface area (Å²) in [7, 11) is 1.50. The first-order chi connectivity index (χ1) is 8.88. The number of hydrogen-bond acceptors (Lipinski definition) is 3. The first-order valence-corrected chi connectivity index (χ1v) is 7.84. The molecule has 3 heteroatoms. The van der Waals surface area contributed by atoms with Crippen molar-refractivity contribution in [1.82, 2.24) is 4.90 Å². The van der Waals surface area contributed by atoms with E-state index >= 15 is 0 Å². The molecule has 0 bridgehead atoms. The van der Waals surface area contributed by atoms with Gasteiger partial charge in [-0.25, -0.2) is 0 Å². The van der Waals surface area contributed by atoms with Crippen molar-refractivity contribution in [2.75, 3.05) is 26.7 Å². The van der Waals surface area contributed by atoms with E-state index in [9.17, 15) is 0 Å². The number of ether oxygens (including phenoxy) is 1. The molecule has 0 aromatic rings. The molecule has 1 saturated carbocycles. The maximum Gasteiger partial charge on any atom is 0.0603 e. The van der Waals surface area contributed by atoms with Gasteiger partial charge in [-0.3, -0.25) is 0 Å². The van der Waals surface area contributed by atoms with Crippen LogP contribution < -0.4 is 5.73 Å². The molecule has 3 nitrogen and oxygen atoms in total. The second-order valence-electron chi connectivity index (χ2n) is 5.44. The lowest BCUT2D eigenvalue weighted by molar-refractivity contribution is -0.0556. The minimum atomic E-state index is 0.566.